The van der Waals surface area contributed by atoms with Crippen LogP contribution in [-0.4, -0.2) is 10.9 Å². The van der Waals surface area contributed by atoms with Gasteiger partial charge in [0.25, 0.3) is 0 Å². The molecule has 0 bridgehead atoms. The zero-order chi connectivity index (χ0) is 10.9. The van der Waals surface area contributed by atoms with Gasteiger partial charge in [0.2, 0.25) is 0 Å². The Morgan fingerprint density at radius 3 is 2.47 bits per heavy atom. The number of carbonyl (C=O) groups is 1. The second-order valence-electron chi connectivity index (χ2n) is 4.00. The van der Waals surface area contributed by atoms with Crippen LogP contribution in [0.3, 0.4) is 0 Å². The highest BCUT2D eigenvalue weighted by atomic mass is 127. The van der Waals surface area contributed by atoms with Crippen LogP contribution in [0.2, 0.25) is 0 Å². The molecule has 1 atom stereocenters. The lowest BCUT2D eigenvalue weighted by Crippen LogP contribution is -2.38. The van der Waals surface area contributed by atoms with Gasteiger partial charge in [0.15, 0.2) is 5.78 Å². The fourth-order valence-electron chi connectivity index (χ4n) is 2.04. The zero-order valence-electron chi connectivity index (χ0n) is 8.37. The quantitative estimate of drug-likeness (QED) is 0.809. The summed E-state index contributed by atoms with van der Waals surface area (Å²) >= 11 is 2.21. The van der Waals surface area contributed by atoms with E-state index in [0.29, 0.717) is 12.8 Å². The smallest absolute Gasteiger partial charge is 0.168 e. The molecule has 0 aromatic heterocycles. The molecule has 1 saturated carbocycles. The van der Waals surface area contributed by atoms with E-state index in [1.165, 1.54) is 0 Å². The van der Waals surface area contributed by atoms with Gasteiger partial charge in [-0.1, -0.05) is 12.1 Å². The van der Waals surface area contributed by atoms with Crippen molar-refractivity contribution < 1.29 is 9.90 Å². The largest absolute Gasteiger partial charge is 0.377 e. The molecule has 0 radical (unpaired) electrons. The van der Waals surface area contributed by atoms with Crippen LogP contribution in [0.4, 0.5) is 0 Å². The highest BCUT2D eigenvalue weighted by Gasteiger charge is 2.38. The minimum absolute atomic E-state index is 0.0324. The first kappa shape index (κ1) is 11.1. The molecule has 1 fully saturated rings. The summed E-state index contributed by atoms with van der Waals surface area (Å²) in [6.45, 7) is 0. The van der Waals surface area contributed by atoms with E-state index in [1.807, 2.05) is 24.3 Å². The third kappa shape index (κ3) is 2.08. The molecular weight excluding hydrogens is 303 g/mol. The van der Waals surface area contributed by atoms with Crippen LogP contribution in [0.1, 0.15) is 31.2 Å². The van der Waals surface area contributed by atoms with Crippen LogP contribution in [0.25, 0.3) is 0 Å². The maximum absolute atomic E-state index is 11.7. The highest BCUT2D eigenvalue weighted by molar-refractivity contribution is 14.1. The third-order valence-electron chi connectivity index (χ3n) is 2.98. The van der Waals surface area contributed by atoms with Gasteiger partial charge in [-0.25, -0.2) is 0 Å². The van der Waals surface area contributed by atoms with E-state index in [0.717, 1.165) is 22.0 Å². The standard InChI is InChI=1S/C12H13IO2/c13-10-6-4-9(5-7-10)12(15)8-2-1-3-11(12)14/h4-7,15H,1-3,8H2. The van der Waals surface area contributed by atoms with Gasteiger partial charge < -0.3 is 5.11 Å². The molecular formula is C12H13IO2. The number of Topliss-reactive ketones (excluding diaryl/α,β-unsaturated/α-hetero) is 1. The van der Waals surface area contributed by atoms with Gasteiger partial charge in [0.05, 0.1) is 0 Å². The summed E-state index contributed by atoms with van der Waals surface area (Å²) in [6, 6.07) is 7.56. The van der Waals surface area contributed by atoms with Crippen molar-refractivity contribution in [3.63, 3.8) is 0 Å². The average Bonchev–Trinajstić information content (AvgIpc) is 2.23. The summed E-state index contributed by atoms with van der Waals surface area (Å²) in [7, 11) is 0. The second kappa shape index (κ2) is 4.22. The van der Waals surface area contributed by atoms with Gasteiger partial charge in [-0.2, -0.15) is 0 Å². The first-order chi connectivity index (χ1) is 7.13. The predicted molar refractivity (Wildman–Crippen MR) is 66.5 cm³/mol. The maximum atomic E-state index is 11.7. The topological polar surface area (TPSA) is 37.3 Å². The fraction of sp³-hybridized carbons (Fsp3) is 0.417. The molecule has 1 aromatic rings. The number of rotatable bonds is 1. The van der Waals surface area contributed by atoms with Crippen molar-refractivity contribution >= 4 is 28.4 Å². The molecule has 1 N–H and O–H groups in total. The Morgan fingerprint density at radius 2 is 1.87 bits per heavy atom. The van der Waals surface area contributed by atoms with Gasteiger partial charge in [-0.3, -0.25) is 4.79 Å². The summed E-state index contributed by atoms with van der Waals surface area (Å²) in [5.74, 6) is -0.0324. The normalized spacial score (nSPS) is 26.7. The molecule has 0 heterocycles. The lowest BCUT2D eigenvalue weighted by molar-refractivity contribution is -0.142. The van der Waals surface area contributed by atoms with Gasteiger partial charge >= 0.3 is 0 Å². The number of benzene rings is 1. The lowest BCUT2D eigenvalue weighted by Gasteiger charge is -2.30. The predicted octanol–water partition coefficient (Wildman–Crippen LogP) is 2.62. The molecule has 2 nitrogen and oxygen atoms in total. The van der Waals surface area contributed by atoms with E-state index in [2.05, 4.69) is 22.6 Å². The van der Waals surface area contributed by atoms with Gasteiger partial charge in [0.1, 0.15) is 5.60 Å². The van der Waals surface area contributed by atoms with Crippen molar-refractivity contribution in [2.75, 3.05) is 0 Å². The first-order valence-corrected chi connectivity index (χ1v) is 6.22. The molecule has 1 aromatic carbocycles. The molecule has 0 saturated heterocycles. The molecule has 80 valence electrons. The molecule has 0 amide bonds. The fourth-order valence-corrected chi connectivity index (χ4v) is 2.40. The summed E-state index contributed by atoms with van der Waals surface area (Å²) in [4.78, 5) is 11.7. The monoisotopic (exact) mass is 316 g/mol. The first-order valence-electron chi connectivity index (χ1n) is 5.15. The van der Waals surface area contributed by atoms with Crippen molar-refractivity contribution in [3.05, 3.63) is 33.4 Å². The van der Waals surface area contributed by atoms with Crippen LogP contribution in [-0.2, 0) is 10.4 Å². The average molecular weight is 316 g/mol. The number of hydrogen-bond acceptors (Lipinski definition) is 2. The van der Waals surface area contributed by atoms with Gasteiger partial charge in [-0.15, -0.1) is 0 Å². The Hall–Kier alpha value is -0.420. The highest BCUT2D eigenvalue weighted by Crippen LogP contribution is 2.34. The molecule has 1 unspecified atom stereocenters. The van der Waals surface area contributed by atoms with E-state index in [9.17, 15) is 9.90 Å². The number of hydrogen-bond donors (Lipinski definition) is 1. The van der Waals surface area contributed by atoms with Crippen molar-refractivity contribution in [2.24, 2.45) is 0 Å². The van der Waals surface area contributed by atoms with Crippen molar-refractivity contribution in [1.29, 1.82) is 0 Å². The van der Waals surface area contributed by atoms with Gasteiger partial charge in [-0.05, 0) is 59.5 Å². The Morgan fingerprint density at radius 1 is 1.20 bits per heavy atom. The summed E-state index contributed by atoms with van der Waals surface area (Å²) in [5, 5.41) is 10.4. The third-order valence-corrected chi connectivity index (χ3v) is 3.69. The molecule has 1 aliphatic carbocycles. The van der Waals surface area contributed by atoms with E-state index < -0.39 is 5.60 Å². The second-order valence-corrected chi connectivity index (χ2v) is 5.24. The van der Waals surface area contributed by atoms with Crippen LogP contribution in [0, 0.1) is 3.57 Å². The van der Waals surface area contributed by atoms with Crippen molar-refractivity contribution in [1.82, 2.24) is 0 Å². The minimum atomic E-state index is -1.22. The van der Waals surface area contributed by atoms with E-state index in [-0.39, 0.29) is 5.78 Å². The van der Waals surface area contributed by atoms with Crippen LogP contribution >= 0.6 is 22.6 Å². The van der Waals surface area contributed by atoms with Gasteiger partial charge in [0, 0.05) is 9.99 Å². The summed E-state index contributed by atoms with van der Waals surface area (Å²) in [5.41, 5.74) is -0.476. The zero-order valence-corrected chi connectivity index (χ0v) is 10.5. The van der Waals surface area contributed by atoms with E-state index in [1.54, 1.807) is 0 Å². The summed E-state index contributed by atoms with van der Waals surface area (Å²) in [6.07, 6.45) is 2.90. The van der Waals surface area contributed by atoms with Crippen molar-refractivity contribution in [2.45, 2.75) is 31.3 Å². The molecule has 15 heavy (non-hydrogen) atoms. The minimum Gasteiger partial charge on any atom is -0.377 e. The van der Waals surface area contributed by atoms with Crippen LogP contribution < -0.4 is 0 Å². The van der Waals surface area contributed by atoms with Crippen molar-refractivity contribution in [3.8, 4) is 0 Å². The van der Waals surface area contributed by atoms with E-state index in [4.69, 9.17) is 0 Å². The number of aliphatic hydroxyl groups is 1. The molecule has 3 heteroatoms. The van der Waals surface area contributed by atoms with Crippen LogP contribution in [0.15, 0.2) is 24.3 Å². The summed E-state index contributed by atoms with van der Waals surface area (Å²) < 4.78 is 1.11. The number of ketones is 1. The Kier molecular flexibility index (Phi) is 3.11. The number of halogens is 1. The molecule has 0 aliphatic heterocycles. The maximum Gasteiger partial charge on any atom is 0.168 e. The Labute approximate surface area is 103 Å². The molecule has 2 rings (SSSR count). The van der Waals surface area contributed by atoms with E-state index >= 15 is 0 Å². The lowest BCUT2D eigenvalue weighted by atomic mass is 9.79. The molecule has 1 aliphatic rings. The Bertz CT molecular complexity index is 372. The van der Waals surface area contributed by atoms with Crippen LogP contribution in [0.5, 0.6) is 0 Å². The SMILES string of the molecule is O=C1CCCCC1(O)c1ccc(I)cc1. The Balaban J connectivity index is 2.35. The molecule has 0 spiro atoms. The number of carbonyl (C=O) groups excluding carboxylic acids is 1.